The summed E-state index contributed by atoms with van der Waals surface area (Å²) in [6, 6.07) is 1.54. The first-order valence-corrected chi connectivity index (χ1v) is 7.74. The van der Waals surface area contributed by atoms with Gasteiger partial charge in [0.05, 0.1) is 5.92 Å². The number of aromatic amines is 1. The number of ether oxygens (including phenoxy) is 1. The lowest BCUT2D eigenvalue weighted by Gasteiger charge is -2.13. The van der Waals surface area contributed by atoms with Gasteiger partial charge in [-0.1, -0.05) is 6.92 Å². The molecule has 118 valence electrons. The second kappa shape index (κ2) is 5.94. The van der Waals surface area contributed by atoms with Gasteiger partial charge in [-0.25, -0.2) is 0 Å². The van der Waals surface area contributed by atoms with Crippen molar-refractivity contribution in [1.82, 2.24) is 9.88 Å². The number of rotatable bonds is 5. The lowest BCUT2D eigenvalue weighted by atomic mass is 10.2. The van der Waals surface area contributed by atoms with Crippen molar-refractivity contribution in [2.45, 2.75) is 26.2 Å². The van der Waals surface area contributed by atoms with E-state index in [9.17, 15) is 14.4 Å². The highest BCUT2D eigenvalue weighted by atomic mass is 16.5. The van der Waals surface area contributed by atoms with E-state index >= 15 is 0 Å². The van der Waals surface area contributed by atoms with Gasteiger partial charge in [-0.05, 0) is 31.2 Å². The minimum absolute atomic E-state index is 0.0497. The Hall–Kier alpha value is -2.11. The van der Waals surface area contributed by atoms with Crippen molar-refractivity contribution >= 4 is 17.7 Å². The number of ketones is 1. The Morgan fingerprint density at radius 1 is 1.32 bits per heavy atom. The number of hydrogen-bond acceptors (Lipinski definition) is 4. The maximum atomic E-state index is 12.2. The smallest absolute Gasteiger partial charge is 0.309 e. The third-order valence-electron chi connectivity index (χ3n) is 4.39. The van der Waals surface area contributed by atoms with E-state index in [0.29, 0.717) is 17.2 Å². The van der Waals surface area contributed by atoms with Crippen molar-refractivity contribution < 1.29 is 19.1 Å². The Bertz CT molecular complexity index is 601. The minimum atomic E-state index is -0.301. The molecule has 1 aliphatic heterocycles. The normalized spacial score (nSPS) is 23.4. The number of nitrogens with one attached hydrogen (secondary N) is 1. The first kappa shape index (κ1) is 14.8. The molecule has 1 aliphatic carbocycles. The van der Waals surface area contributed by atoms with E-state index in [1.165, 1.54) is 12.3 Å². The molecule has 1 saturated carbocycles. The van der Waals surface area contributed by atoms with Crippen LogP contribution in [0.15, 0.2) is 12.3 Å². The molecule has 6 heteroatoms. The molecule has 2 aliphatic rings. The fraction of sp³-hybridized carbons (Fsp3) is 0.562. The molecule has 0 radical (unpaired) electrons. The summed E-state index contributed by atoms with van der Waals surface area (Å²) in [5.74, 6) is -0.366. The largest absolute Gasteiger partial charge is 0.457 e. The molecule has 1 aromatic rings. The summed E-state index contributed by atoms with van der Waals surface area (Å²) in [4.78, 5) is 40.4. The van der Waals surface area contributed by atoms with Crippen LogP contribution in [0.1, 0.15) is 47.0 Å². The van der Waals surface area contributed by atoms with Crippen LogP contribution in [0.25, 0.3) is 0 Å². The van der Waals surface area contributed by atoms with E-state index in [4.69, 9.17) is 4.74 Å². The van der Waals surface area contributed by atoms with Crippen molar-refractivity contribution in [3.63, 3.8) is 0 Å². The summed E-state index contributed by atoms with van der Waals surface area (Å²) in [6.07, 6.45) is 4.38. The molecule has 6 nitrogen and oxygen atoms in total. The summed E-state index contributed by atoms with van der Waals surface area (Å²) in [7, 11) is 0. The molecule has 1 amide bonds. The fourth-order valence-corrected chi connectivity index (χ4v) is 2.75. The molecule has 1 aromatic heterocycles. The van der Waals surface area contributed by atoms with Gasteiger partial charge < -0.3 is 14.6 Å². The third kappa shape index (κ3) is 3.05. The molecule has 2 atom stereocenters. The van der Waals surface area contributed by atoms with Crippen LogP contribution in [-0.4, -0.2) is 47.2 Å². The number of nitrogens with zero attached hydrogens (tertiary/aromatic N) is 1. The predicted octanol–water partition coefficient (Wildman–Crippen LogP) is 1.63. The average molecular weight is 304 g/mol. The number of hydrogen-bond donors (Lipinski definition) is 1. The molecular weight excluding hydrogens is 284 g/mol. The van der Waals surface area contributed by atoms with Crippen molar-refractivity contribution in [2.75, 3.05) is 19.7 Å². The van der Waals surface area contributed by atoms with Crippen LogP contribution >= 0.6 is 0 Å². The number of aromatic nitrogens is 1. The van der Waals surface area contributed by atoms with Gasteiger partial charge in [0.1, 0.15) is 5.69 Å². The van der Waals surface area contributed by atoms with Crippen LogP contribution in [0.4, 0.5) is 0 Å². The van der Waals surface area contributed by atoms with Gasteiger partial charge >= 0.3 is 5.97 Å². The standard InChI is InChI=1S/C16H20N2O4/c1-10-6-12(10)16(21)22-9-14(19)11-7-13(17-8-11)15(20)18-4-2-3-5-18/h7-8,10,12,17H,2-6,9H2,1H3. The highest BCUT2D eigenvalue weighted by Crippen LogP contribution is 2.38. The van der Waals surface area contributed by atoms with E-state index in [1.54, 1.807) is 4.90 Å². The monoisotopic (exact) mass is 304 g/mol. The topological polar surface area (TPSA) is 79.5 Å². The summed E-state index contributed by atoms with van der Waals surface area (Å²) in [6.45, 7) is 3.24. The number of likely N-dealkylation sites (tertiary alicyclic amines) is 1. The first-order valence-electron chi connectivity index (χ1n) is 7.74. The number of Topliss-reactive ketones (excluding diaryl/α,β-unsaturated/α-hetero) is 1. The summed E-state index contributed by atoms with van der Waals surface area (Å²) < 4.78 is 5.02. The van der Waals surface area contributed by atoms with Crippen LogP contribution in [0.3, 0.4) is 0 Å². The Morgan fingerprint density at radius 3 is 2.64 bits per heavy atom. The predicted molar refractivity (Wildman–Crippen MR) is 78.5 cm³/mol. The minimum Gasteiger partial charge on any atom is -0.457 e. The molecule has 2 heterocycles. The maximum absolute atomic E-state index is 12.2. The summed E-state index contributed by atoms with van der Waals surface area (Å²) >= 11 is 0. The third-order valence-corrected chi connectivity index (χ3v) is 4.39. The molecule has 0 aromatic carbocycles. The van der Waals surface area contributed by atoms with Crippen molar-refractivity contribution in [1.29, 1.82) is 0 Å². The Balaban J connectivity index is 1.54. The number of carbonyl (C=O) groups excluding carboxylic acids is 3. The van der Waals surface area contributed by atoms with Gasteiger partial charge in [0, 0.05) is 24.8 Å². The van der Waals surface area contributed by atoms with Crippen LogP contribution < -0.4 is 0 Å². The number of H-pyrrole nitrogens is 1. The summed E-state index contributed by atoms with van der Waals surface area (Å²) in [5, 5.41) is 0. The van der Waals surface area contributed by atoms with Crippen molar-refractivity contribution in [3.05, 3.63) is 23.5 Å². The first-order chi connectivity index (χ1) is 10.6. The van der Waals surface area contributed by atoms with Gasteiger partial charge in [-0.15, -0.1) is 0 Å². The highest BCUT2D eigenvalue weighted by Gasteiger charge is 2.40. The fourth-order valence-electron chi connectivity index (χ4n) is 2.75. The van der Waals surface area contributed by atoms with Crippen molar-refractivity contribution in [2.24, 2.45) is 11.8 Å². The second-order valence-electron chi connectivity index (χ2n) is 6.15. The van der Waals surface area contributed by atoms with Crippen LogP contribution in [0, 0.1) is 11.8 Å². The van der Waals surface area contributed by atoms with Gasteiger partial charge in [0.25, 0.3) is 5.91 Å². The lowest BCUT2D eigenvalue weighted by Crippen LogP contribution is -2.27. The Morgan fingerprint density at radius 2 is 2.00 bits per heavy atom. The van der Waals surface area contributed by atoms with Gasteiger partial charge in [-0.2, -0.15) is 0 Å². The molecule has 22 heavy (non-hydrogen) atoms. The van der Waals surface area contributed by atoms with Crippen LogP contribution in [0.5, 0.6) is 0 Å². The quantitative estimate of drug-likeness (QED) is 0.662. The van der Waals surface area contributed by atoms with E-state index in [2.05, 4.69) is 4.98 Å². The zero-order valence-corrected chi connectivity index (χ0v) is 12.6. The number of amides is 1. The van der Waals surface area contributed by atoms with E-state index < -0.39 is 0 Å². The van der Waals surface area contributed by atoms with Gasteiger partial charge in [0.15, 0.2) is 6.61 Å². The van der Waals surface area contributed by atoms with Gasteiger partial charge in [-0.3, -0.25) is 14.4 Å². The van der Waals surface area contributed by atoms with E-state index in [-0.39, 0.29) is 30.2 Å². The molecule has 2 fully saturated rings. The zero-order valence-electron chi connectivity index (χ0n) is 12.6. The molecule has 3 rings (SSSR count). The molecule has 2 unspecified atom stereocenters. The van der Waals surface area contributed by atoms with E-state index in [1.807, 2.05) is 6.92 Å². The number of carbonyl (C=O) groups is 3. The molecule has 1 saturated heterocycles. The Kier molecular flexibility index (Phi) is 4.00. The average Bonchev–Trinajstić information content (AvgIpc) is 2.97. The van der Waals surface area contributed by atoms with E-state index in [0.717, 1.165) is 32.4 Å². The van der Waals surface area contributed by atoms with Crippen molar-refractivity contribution in [3.8, 4) is 0 Å². The van der Waals surface area contributed by atoms with Crippen LogP contribution in [-0.2, 0) is 9.53 Å². The molecule has 0 bridgehead atoms. The molecule has 0 spiro atoms. The van der Waals surface area contributed by atoms with Crippen LogP contribution in [0.2, 0.25) is 0 Å². The summed E-state index contributed by atoms with van der Waals surface area (Å²) in [5.41, 5.74) is 0.784. The SMILES string of the molecule is CC1CC1C(=O)OCC(=O)c1c[nH]c(C(=O)N2CCCC2)c1. The molecular formula is C16H20N2O4. The lowest BCUT2D eigenvalue weighted by molar-refractivity contribution is -0.144. The Labute approximate surface area is 128 Å². The van der Waals surface area contributed by atoms with Gasteiger partial charge in [0.2, 0.25) is 5.78 Å². The zero-order chi connectivity index (χ0) is 15.7. The maximum Gasteiger partial charge on any atom is 0.309 e. The number of esters is 1. The molecule has 1 N–H and O–H groups in total. The highest BCUT2D eigenvalue weighted by molar-refractivity contribution is 6.01. The second-order valence-corrected chi connectivity index (χ2v) is 6.15.